The number of nitrogens with two attached hydrogens (primary N) is 1. The van der Waals surface area contributed by atoms with Crippen LogP contribution in [0.15, 0.2) is 54.6 Å². The lowest BCUT2D eigenvalue weighted by atomic mass is 10.2. The fourth-order valence-corrected chi connectivity index (χ4v) is 3.76. The number of methoxy groups -OCH3 is 2. The third kappa shape index (κ3) is 4.79. The molecule has 6 nitrogen and oxygen atoms in total. The average molecular weight is 448 g/mol. The van der Waals surface area contributed by atoms with Crippen molar-refractivity contribution in [2.24, 2.45) is 5.73 Å². The maximum atomic E-state index is 12.8. The Bertz CT molecular complexity index is 1040. The molecule has 0 bridgehead atoms. The monoisotopic (exact) mass is 447 g/mol. The van der Waals surface area contributed by atoms with Crippen molar-refractivity contribution in [1.29, 1.82) is 0 Å². The number of nitrogens with zero attached hydrogens (tertiary/aromatic N) is 1. The van der Waals surface area contributed by atoms with Gasteiger partial charge in [0, 0.05) is 16.0 Å². The number of rotatable bonds is 5. The molecule has 3 N–H and O–H groups in total. The van der Waals surface area contributed by atoms with E-state index in [0.29, 0.717) is 27.1 Å². The van der Waals surface area contributed by atoms with Gasteiger partial charge < -0.3 is 15.2 Å². The van der Waals surface area contributed by atoms with Gasteiger partial charge in [0.2, 0.25) is 0 Å². The Hall–Kier alpha value is -2.81. The first-order chi connectivity index (χ1) is 13.9. The number of ether oxygens (including phenoxy) is 2. The van der Waals surface area contributed by atoms with E-state index in [2.05, 4.69) is 5.43 Å². The molecule has 1 aromatic heterocycles. The zero-order valence-electron chi connectivity index (χ0n) is 15.6. The van der Waals surface area contributed by atoms with Crippen molar-refractivity contribution in [3.05, 3.63) is 64.5 Å². The molecule has 0 unspecified atom stereocenters. The van der Waals surface area contributed by atoms with E-state index in [4.69, 9.17) is 39.0 Å². The molecule has 0 saturated carbocycles. The van der Waals surface area contributed by atoms with E-state index in [-0.39, 0.29) is 11.0 Å². The summed E-state index contributed by atoms with van der Waals surface area (Å²) in [5, 5.41) is 1.93. The number of amides is 1. The van der Waals surface area contributed by atoms with Crippen LogP contribution in [0.3, 0.4) is 0 Å². The maximum absolute atomic E-state index is 12.8. The van der Waals surface area contributed by atoms with Crippen LogP contribution in [0.25, 0.3) is 10.4 Å². The van der Waals surface area contributed by atoms with Gasteiger partial charge in [0.25, 0.3) is 5.91 Å². The molecule has 3 aromatic rings. The van der Waals surface area contributed by atoms with Gasteiger partial charge >= 0.3 is 0 Å². The summed E-state index contributed by atoms with van der Waals surface area (Å²) < 4.78 is 10.6. The second-order valence-corrected chi connectivity index (χ2v) is 7.76. The summed E-state index contributed by atoms with van der Waals surface area (Å²) in [6, 6.07) is 16.1. The van der Waals surface area contributed by atoms with Crippen LogP contribution in [0.1, 0.15) is 9.67 Å². The Morgan fingerprint density at radius 3 is 2.45 bits per heavy atom. The van der Waals surface area contributed by atoms with Gasteiger partial charge in [-0.05, 0) is 54.2 Å². The SMILES string of the molecule is COc1ccc(N(NC(=O)c2ccc(-c3ccc(Cl)cc3)s2)C(N)=S)c(OC)c1. The van der Waals surface area contributed by atoms with Gasteiger partial charge in [-0.2, -0.15) is 0 Å². The smallest absolute Gasteiger partial charge is 0.280 e. The Kier molecular flexibility index (Phi) is 6.58. The van der Waals surface area contributed by atoms with Crippen LogP contribution in [-0.2, 0) is 0 Å². The zero-order chi connectivity index (χ0) is 21.0. The third-order valence-electron chi connectivity index (χ3n) is 4.02. The minimum atomic E-state index is -0.346. The van der Waals surface area contributed by atoms with E-state index in [1.54, 1.807) is 43.5 Å². The van der Waals surface area contributed by atoms with Crippen LogP contribution >= 0.6 is 35.2 Å². The van der Waals surface area contributed by atoms with Gasteiger partial charge in [0.05, 0.1) is 19.1 Å². The number of hydrazine groups is 1. The van der Waals surface area contributed by atoms with Crippen molar-refractivity contribution in [2.45, 2.75) is 0 Å². The fourth-order valence-electron chi connectivity index (χ4n) is 2.59. The molecule has 9 heteroatoms. The third-order valence-corrected chi connectivity index (χ3v) is 5.59. The highest BCUT2D eigenvalue weighted by molar-refractivity contribution is 7.80. The van der Waals surface area contributed by atoms with E-state index in [1.165, 1.54) is 23.5 Å². The number of nitrogens with one attached hydrogen (secondary N) is 1. The predicted molar refractivity (Wildman–Crippen MR) is 121 cm³/mol. The van der Waals surface area contributed by atoms with Crippen LogP contribution in [-0.4, -0.2) is 25.2 Å². The van der Waals surface area contributed by atoms with Crippen LogP contribution in [0, 0.1) is 0 Å². The topological polar surface area (TPSA) is 76.8 Å². The second-order valence-electron chi connectivity index (χ2n) is 5.82. The largest absolute Gasteiger partial charge is 0.497 e. The summed E-state index contributed by atoms with van der Waals surface area (Å²) in [6.07, 6.45) is 0. The van der Waals surface area contributed by atoms with E-state index in [9.17, 15) is 4.79 Å². The molecule has 0 fully saturated rings. The first kappa shape index (κ1) is 20.9. The molecule has 3 rings (SSSR count). The van der Waals surface area contributed by atoms with Crippen LogP contribution < -0.4 is 25.6 Å². The molecule has 0 spiro atoms. The molecule has 29 heavy (non-hydrogen) atoms. The Morgan fingerprint density at radius 2 is 1.83 bits per heavy atom. The number of carbonyl (C=O) groups is 1. The van der Waals surface area contributed by atoms with Crippen LogP contribution in [0.2, 0.25) is 5.02 Å². The first-order valence-corrected chi connectivity index (χ1v) is 10.0. The molecule has 0 radical (unpaired) electrons. The van der Waals surface area contributed by atoms with Crippen LogP contribution in [0.4, 0.5) is 5.69 Å². The van der Waals surface area contributed by atoms with Crippen LogP contribution in [0.5, 0.6) is 11.5 Å². The van der Waals surface area contributed by atoms with E-state index in [0.717, 1.165) is 10.4 Å². The lowest BCUT2D eigenvalue weighted by Crippen LogP contribution is -2.49. The summed E-state index contributed by atoms with van der Waals surface area (Å²) in [6.45, 7) is 0. The molecule has 150 valence electrons. The van der Waals surface area contributed by atoms with Crippen molar-refractivity contribution >= 4 is 51.9 Å². The lowest BCUT2D eigenvalue weighted by molar-refractivity contribution is 0.0959. The molecule has 0 aliphatic carbocycles. The Labute approximate surface area is 182 Å². The number of thiophene rings is 1. The Balaban J connectivity index is 1.84. The lowest BCUT2D eigenvalue weighted by Gasteiger charge is -2.25. The number of anilines is 1. The Morgan fingerprint density at radius 1 is 1.10 bits per heavy atom. The van der Waals surface area contributed by atoms with E-state index < -0.39 is 0 Å². The van der Waals surface area contributed by atoms with Crippen molar-refractivity contribution in [3.63, 3.8) is 0 Å². The highest BCUT2D eigenvalue weighted by Gasteiger charge is 2.20. The number of thiocarbonyl (C=S) groups is 1. The summed E-state index contributed by atoms with van der Waals surface area (Å²) >= 11 is 12.4. The molecule has 0 aliphatic rings. The molecular weight excluding hydrogens is 430 g/mol. The van der Waals surface area contributed by atoms with Crippen molar-refractivity contribution in [1.82, 2.24) is 5.43 Å². The number of hydrogen-bond donors (Lipinski definition) is 2. The quantitative estimate of drug-likeness (QED) is 0.443. The zero-order valence-corrected chi connectivity index (χ0v) is 18.0. The van der Waals surface area contributed by atoms with Gasteiger partial charge in [-0.1, -0.05) is 23.7 Å². The number of benzene rings is 2. The minimum Gasteiger partial charge on any atom is -0.497 e. The average Bonchev–Trinajstić information content (AvgIpc) is 3.22. The standard InChI is InChI=1S/C20H18ClN3O3S2/c1-26-14-7-8-15(16(11-14)27-2)24(20(22)28)23-19(25)18-10-9-17(29-18)12-3-5-13(21)6-4-12/h3-11H,1-2H3,(H2,22,28)(H,23,25). The van der Waals surface area contributed by atoms with Gasteiger partial charge in [0.1, 0.15) is 17.2 Å². The van der Waals surface area contributed by atoms with E-state index >= 15 is 0 Å². The maximum Gasteiger partial charge on any atom is 0.280 e. The van der Waals surface area contributed by atoms with Gasteiger partial charge in [-0.3, -0.25) is 10.2 Å². The minimum absolute atomic E-state index is 0.0312. The fraction of sp³-hybridized carbons (Fsp3) is 0.100. The molecule has 1 amide bonds. The highest BCUT2D eigenvalue weighted by Crippen LogP contribution is 2.32. The highest BCUT2D eigenvalue weighted by atomic mass is 35.5. The molecule has 0 atom stereocenters. The molecule has 1 heterocycles. The molecule has 0 saturated heterocycles. The molecular formula is C20H18ClN3O3S2. The van der Waals surface area contributed by atoms with Crippen molar-refractivity contribution in [2.75, 3.05) is 19.2 Å². The van der Waals surface area contributed by atoms with Gasteiger partial charge in [-0.15, -0.1) is 11.3 Å². The predicted octanol–water partition coefficient (Wildman–Crippen LogP) is 4.48. The summed E-state index contributed by atoms with van der Waals surface area (Å²) in [5.74, 6) is 0.706. The van der Waals surface area contributed by atoms with E-state index in [1.807, 2.05) is 18.2 Å². The summed E-state index contributed by atoms with van der Waals surface area (Å²) in [5.41, 5.74) is 10.0. The summed E-state index contributed by atoms with van der Waals surface area (Å²) in [7, 11) is 3.06. The summed E-state index contributed by atoms with van der Waals surface area (Å²) in [4.78, 5) is 14.3. The molecule has 2 aromatic carbocycles. The van der Waals surface area contributed by atoms with Gasteiger partial charge in [0.15, 0.2) is 5.11 Å². The number of hydrogen-bond acceptors (Lipinski definition) is 5. The number of halogens is 1. The second kappa shape index (κ2) is 9.13. The number of carbonyl (C=O) groups excluding carboxylic acids is 1. The molecule has 0 aliphatic heterocycles. The normalized spacial score (nSPS) is 10.3. The van der Waals surface area contributed by atoms with Crippen molar-refractivity contribution < 1.29 is 14.3 Å². The van der Waals surface area contributed by atoms with Crippen molar-refractivity contribution in [3.8, 4) is 21.9 Å². The van der Waals surface area contributed by atoms with Gasteiger partial charge in [-0.25, -0.2) is 5.01 Å². The first-order valence-electron chi connectivity index (χ1n) is 8.41.